The highest BCUT2D eigenvalue weighted by atomic mass is 35.5. The summed E-state index contributed by atoms with van der Waals surface area (Å²) in [7, 11) is 0. The van der Waals surface area contributed by atoms with Crippen molar-refractivity contribution >= 4 is 35.2 Å². The van der Waals surface area contributed by atoms with Crippen molar-refractivity contribution in [3.63, 3.8) is 0 Å². The number of carbonyl (C=O) groups excluding carboxylic acids is 2. The van der Waals surface area contributed by atoms with Gasteiger partial charge in [-0.05, 0) is 67.5 Å². The van der Waals surface area contributed by atoms with Crippen LogP contribution in [0, 0.1) is 5.82 Å². The molecule has 0 fully saturated rings. The van der Waals surface area contributed by atoms with E-state index in [-0.39, 0.29) is 24.2 Å². The lowest BCUT2D eigenvalue weighted by Gasteiger charge is -2.30. The van der Waals surface area contributed by atoms with Crippen molar-refractivity contribution in [1.82, 2.24) is 10.2 Å². The molecule has 0 spiro atoms. The molecule has 162 valence electrons. The predicted molar refractivity (Wildman–Crippen MR) is 121 cm³/mol. The Morgan fingerprint density at radius 3 is 2.37 bits per heavy atom. The van der Waals surface area contributed by atoms with E-state index < -0.39 is 6.04 Å². The Bertz CT molecular complexity index is 815. The summed E-state index contributed by atoms with van der Waals surface area (Å²) in [6.07, 6.45) is 1.55. The van der Waals surface area contributed by atoms with Crippen LogP contribution in [0.15, 0.2) is 53.4 Å². The molecule has 2 aromatic carbocycles. The maximum Gasteiger partial charge on any atom is 0.242 e. The molecule has 0 aliphatic rings. The summed E-state index contributed by atoms with van der Waals surface area (Å²) in [6, 6.07) is 13.1. The molecule has 0 heterocycles. The second-order valence-corrected chi connectivity index (χ2v) is 8.48. The van der Waals surface area contributed by atoms with Crippen molar-refractivity contribution in [2.24, 2.45) is 0 Å². The molecule has 2 amide bonds. The van der Waals surface area contributed by atoms with Gasteiger partial charge in [-0.3, -0.25) is 9.59 Å². The third-order valence-electron chi connectivity index (χ3n) is 4.62. The first kappa shape index (κ1) is 24.2. The van der Waals surface area contributed by atoms with Gasteiger partial charge in [0.05, 0.1) is 0 Å². The second kappa shape index (κ2) is 12.6. The average molecular weight is 451 g/mol. The third-order valence-corrected chi connectivity index (χ3v) is 5.97. The fourth-order valence-electron chi connectivity index (χ4n) is 3.09. The molecule has 4 nitrogen and oxygen atoms in total. The molecule has 0 radical (unpaired) electrons. The molecule has 0 saturated carbocycles. The Labute approximate surface area is 187 Å². The Morgan fingerprint density at radius 1 is 1.10 bits per heavy atom. The molecule has 30 heavy (non-hydrogen) atoms. The lowest BCUT2D eigenvalue weighted by Crippen LogP contribution is -2.49. The minimum absolute atomic E-state index is 0.0749. The lowest BCUT2D eigenvalue weighted by atomic mass is 10.1. The molecule has 7 heteroatoms. The van der Waals surface area contributed by atoms with Crippen LogP contribution in [0.25, 0.3) is 0 Å². The molecule has 0 aliphatic heterocycles. The fraction of sp³-hybridized carbons (Fsp3) is 0.391. The molecular formula is C23H28ClFN2O2S. The van der Waals surface area contributed by atoms with Crippen molar-refractivity contribution in [3.8, 4) is 0 Å². The van der Waals surface area contributed by atoms with Crippen molar-refractivity contribution in [1.29, 1.82) is 0 Å². The SMILES string of the molecule is CCNC(=O)C(CC)N(Cc1ccc(F)cc1)C(=O)CCCSc1ccc(Cl)cc1. The van der Waals surface area contributed by atoms with Crippen molar-refractivity contribution in [3.05, 3.63) is 64.9 Å². The molecule has 0 aromatic heterocycles. The number of hydrogen-bond donors (Lipinski definition) is 1. The summed E-state index contributed by atoms with van der Waals surface area (Å²) >= 11 is 7.57. The van der Waals surface area contributed by atoms with Crippen LogP contribution in [0.1, 0.15) is 38.7 Å². The highest BCUT2D eigenvalue weighted by molar-refractivity contribution is 7.99. The first-order valence-electron chi connectivity index (χ1n) is 10.1. The first-order chi connectivity index (χ1) is 14.4. The highest BCUT2D eigenvalue weighted by Crippen LogP contribution is 2.22. The van der Waals surface area contributed by atoms with Crippen molar-refractivity contribution < 1.29 is 14.0 Å². The molecule has 2 aromatic rings. The van der Waals surface area contributed by atoms with Crippen LogP contribution in [-0.2, 0) is 16.1 Å². The number of halogens is 2. The van der Waals surface area contributed by atoms with Gasteiger partial charge in [-0.1, -0.05) is 30.7 Å². The smallest absolute Gasteiger partial charge is 0.242 e. The van der Waals surface area contributed by atoms with Gasteiger partial charge in [0.15, 0.2) is 0 Å². The number of nitrogens with one attached hydrogen (secondary N) is 1. The molecule has 0 bridgehead atoms. The van der Waals surface area contributed by atoms with Gasteiger partial charge >= 0.3 is 0 Å². The maximum absolute atomic E-state index is 13.2. The Kier molecular flexibility index (Phi) is 10.2. The zero-order valence-electron chi connectivity index (χ0n) is 17.4. The molecule has 1 N–H and O–H groups in total. The zero-order valence-corrected chi connectivity index (χ0v) is 18.9. The predicted octanol–water partition coefficient (Wildman–Crippen LogP) is 5.29. The van der Waals surface area contributed by atoms with E-state index >= 15 is 0 Å². The van der Waals surface area contributed by atoms with E-state index in [2.05, 4.69) is 5.32 Å². The van der Waals surface area contributed by atoms with Gasteiger partial charge in [-0.25, -0.2) is 4.39 Å². The van der Waals surface area contributed by atoms with E-state index in [1.807, 2.05) is 38.1 Å². The van der Waals surface area contributed by atoms with Gasteiger partial charge in [0, 0.05) is 29.4 Å². The number of thioether (sulfide) groups is 1. The van der Waals surface area contributed by atoms with Crippen molar-refractivity contribution in [2.75, 3.05) is 12.3 Å². The highest BCUT2D eigenvalue weighted by Gasteiger charge is 2.27. The number of benzene rings is 2. The van der Waals surface area contributed by atoms with Crippen molar-refractivity contribution in [2.45, 2.75) is 50.6 Å². The normalized spacial score (nSPS) is 11.7. The summed E-state index contributed by atoms with van der Waals surface area (Å²) in [5, 5.41) is 3.51. The van der Waals surface area contributed by atoms with Gasteiger partial charge in [0.25, 0.3) is 0 Å². The third kappa shape index (κ3) is 7.65. The van der Waals surface area contributed by atoms with E-state index in [0.717, 1.165) is 16.2 Å². The topological polar surface area (TPSA) is 49.4 Å². The van der Waals surface area contributed by atoms with Gasteiger partial charge in [-0.15, -0.1) is 11.8 Å². The summed E-state index contributed by atoms with van der Waals surface area (Å²) in [4.78, 5) is 28.3. The Hall–Kier alpha value is -2.05. The van der Waals surface area contributed by atoms with Gasteiger partial charge in [-0.2, -0.15) is 0 Å². The molecular weight excluding hydrogens is 423 g/mol. The molecule has 2 rings (SSSR count). The number of nitrogens with zero attached hydrogens (tertiary/aromatic N) is 1. The van der Waals surface area contributed by atoms with Crippen LogP contribution in [0.3, 0.4) is 0 Å². The summed E-state index contributed by atoms with van der Waals surface area (Å²) in [5.74, 6) is 0.224. The quantitative estimate of drug-likeness (QED) is 0.373. The number of likely N-dealkylation sites (N-methyl/N-ethyl adjacent to an activating group) is 1. The summed E-state index contributed by atoms with van der Waals surface area (Å²) < 4.78 is 13.2. The first-order valence-corrected chi connectivity index (χ1v) is 11.5. The van der Waals surface area contributed by atoms with E-state index in [0.29, 0.717) is 30.8 Å². The molecule has 0 saturated heterocycles. The molecule has 0 aliphatic carbocycles. The van der Waals surface area contributed by atoms with E-state index in [1.54, 1.807) is 28.8 Å². The molecule has 1 atom stereocenters. The molecule has 1 unspecified atom stereocenters. The van der Waals surface area contributed by atoms with Gasteiger partial charge in [0.2, 0.25) is 11.8 Å². The second-order valence-electron chi connectivity index (χ2n) is 6.87. The zero-order chi connectivity index (χ0) is 21.9. The monoisotopic (exact) mass is 450 g/mol. The maximum atomic E-state index is 13.2. The summed E-state index contributed by atoms with van der Waals surface area (Å²) in [6.45, 7) is 4.52. The van der Waals surface area contributed by atoms with E-state index in [1.165, 1.54) is 12.1 Å². The van der Waals surface area contributed by atoms with Crippen LogP contribution in [0.5, 0.6) is 0 Å². The standard InChI is InChI=1S/C23H28ClFN2O2S/c1-3-21(23(29)26-4-2)27(16-17-7-11-19(25)12-8-17)22(28)6-5-15-30-20-13-9-18(24)10-14-20/h7-14,21H,3-6,15-16H2,1-2H3,(H,26,29). The van der Waals surface area contributed by atoms with E-state index in [4.69, 9.17) is 11.6 Å². The van der Waals surface area contributed by atoms with Crippen LogP contribution in [0.2, 0.25) is 5.02 Å². The minimum Gasteiger partial charge on any atom is -0.355 e. The Balaban J connectivity index is 2.01. The van der Waals surface area contributed by atoms with Crippen LogP contribution < -0.4 is 5.32 Å². The summed E-state index contributed by atoms with van der Waals surface area (Å²) in [5.41, 5.74) is 0.794. The van der Waals surface area contributed by atoms with Gasteiger partial charge < -0.3 is 10.2 Å². The lowest BCUT2D eigenvalue weighted by molar-refractivity contribution is -0.141. The van der Waals surface area contributed by atoms with Crippen LogP contribution >= 0.6 is 23.4 Å². The van der Waals surface area contributed by atoms with Crippen LogP contribution in [0.4, 0.5) is 4.39 Å². The van der Waals surface area contributed by atoms with E-state index in [9.17, 15) is 14.0 Å². The average Bonchev–Trinajstić information content (AvgIpc) is 2.74. The van der Waals surface area contributed by atoms with Gasteiger partial charge in [0.1, 0.15) is 11.9 Å². The number of carbonyl (C=O) groups is 2. The van der Waals surface area contributed by atoms with Crippen LogP contribution in [-0.4, -0.2) is 35.1 Å². The fourth-order valence-corrected chi connectivity index (χ4v) is 4.06. The number of hydrogen-bond acceptors (Lipinski definition) is 3. The largest absolute Gasteiger partial charge is 0.355 e. The number of rotatable bonds is 11. The number of amides is 2. The minimum atomic E-state index is -0.550. The Morgan fingerprint density at radius 2 is 1.77 bits per heavy atom.